The lowest BCUT2D eigenvalue weighted by Crippen LogP contribution is -2.33. The third-order valence-corrected chi connectivity index (χ3v) is 5.80. The molecule has 2 aromatic heterocycles. The Kier molecular flexibility index (Phi) is 4.94. The zero-order valence-electron chi connectivity index (χ0n) is 16.3. The number of carbonyl (C=O) groups is 1. The lowest BCUT2D eigenvalue weighted by molar-refractivity contribution is -0.116. The first-order valence-corrected chi connectivity index (χ1v) is 10.0. The molecule has 0 aliphatic rings. The SMILES string of the molecule is Cc1c(NC(=O)C(C)Nc2nc3ccccc3s2)c(=O)n(-c2ccccc2)n1C. The number of rotatable bonds is 5. The van der Waals surface area contributed by atoms with Crippen LogP contribution in [-0.2, 0) is 11.8 Å². The normalized spacial score (nSPS) is 12.1. The molecule has 2 N–H and O–H groups in total. The van der Waals surface area contributed by atoms with Crippen molar-refractivity contribution in [2.45, 2.75) is 19.9 Å². The van der Waals surface area contributed by atoms with Crippen molar-refractivity contribution in [3.05, 3.63) is 70.6 Å². The lowest BCUT2D eigenvalue weighted by Gasteiger charge is -2.12. The van der Waals surface area contributed by atoms with E-state index in [1.54, 1.807) is 18.7 Å². The average Bonchev–Trinajstić information content (AvgIpc) is 3.22. The van der Waals surface area contributed by atoms with Gasteiger partial charge in [0.1, 0.15) is 11.7 Å². The molecule has 1 unspecified atom stereocenters. The molecular formula is C21H21N5O2S. The number of carbonyl (C=O) groups excluding carboxylic acids is 1. The first-order valence-electron chi connectivity index (χ1n) is 9.22. The highest BCUT2D eigenvalue weighted by molar-refractivity contribution is 7.22. The Morgan fingerprint density at radius 3 is 2.52 bits per heavy atom. The number of aromatic nitrogens is 3. The molecule has 0 spiro atoms. The minimum Gasteiger partial charge on any atom is -0.350 e. The monoisotopic (exact) mass is 407 g/mol. The number of nitrogens with one attached hydrogen (secondary N) is 2. The maximum Gasteiger partial charge on any atom is 0.295 e. The summed E-state index contributed by atoms with van der Waals surface area (Å²) >= 11 is 1.49. The van der Waals surface area contributed by atoms with E-state index in [-0.39, 0.29) is 17.2 Å². The number of hydrogen-bond donors (Lipinski definition) is 2. The molecule has 0 aliphatic carbocycles. The first-order chi connectivity index (χ1) is 14.0. The first kappa shape index (κ1) is 18.9. The maximum atomic E-state index is 12.9. The zero-order chi connectivity index (χ0) is 20.5. The van der Waals surface area contributed by atoms with Gasteiger partial charge in [0.25, 0.3) is 5.56 Å². The molecule has 4 rings (SSSR count). The van der Waals surface area contributed by atoms with Gasteiger partial charge < -0.3 is 10.6 Å². The third-order valence-electron chi connectivity index (χ3n) is 4.83. The van der Waals surface area contributed by atoms with E-state index < -0.39 is 6.04 Å². The molecule has 0 radical (unpaired) electrons. The Balaban J connectivity index is 1.55. The molecule has 0 saturated heterocycles. The van der Waals surface area contributed by atoms with Gasteiger partial charge in [-0.2, -0.15) is 0 Å². The number of anilines is 2. The fraction of sp³-hybridized carbons (Fsp3) is 0.190. The van der Waals surface area contributed by atoms with Crippen LogP contribution in [0.4, 0.5) is 10.8 Å². The Morgan fingerprint density at radius 2 is 1.79 bits per heavy atom. The van der Waals surface area contributed by atoms with E-state index >= 15 is 0 Å². The van der Waals surface area contributed by atoms with Gasteiger partial charge in [-0.05, 0) is 38.1 Å². The lowest BCUT2D eigenvalue weighted by atomic mass is 10.3. The molecule has 8 heteroatoms. The topological polar surface area (TPSA) is 81.0 Å². The van der Waals surface area contributed by atoms with Crippen molar-refractivity contribution in [2.75, 3.05) is 10.6 Å². The van der Waals surface area contributed by atoms with Gasteiger partial charge in [0, 0.05) is 7.05 Å². The fourth-order valence-corrected chi connectivity index (χ4v) is 4.08. The summed E-state index contributed by atoms with van der Waals surface area (Å²) in [5, 5.41) is 6.57. The Morgan fingerprint density at radius 1 is 1.10 bits per heavy atom. The highest BCUT2D eigenvalue weighted by Gasteiger charge is 2.21. The molecular weight excluding hydrogens is 386 g/mol. The maximum absolute atomic E-state index is 12.9. The number of amides is 1. The molecule has 7 nitrogen and oxygen atoms in total. The van der Waals surface area contributed by atoms with Crippen LogP contribution in [0.3, 0.4) is 0 Å². The standard InChI is InChI=1S/C21H21N5O2S/c1-13(22-21-23-16-11-7-8-12-17(16)29-21)19(27)24-18-14(2)25(3)26(20(18)28)15-9-5-4-6-10-15/h4-13H,1-3H3,(H,22,23)(H,24,27). The Bertz CT molecular complexity index is 1210. The third kappa shape index (κ3) is 3.54. The molecule has 0 fully saturated rings. The minimum atomic E-state index is -0.556. The Hall–Kier alpha value is -3.39. The highest BCUT2D eigenvalue weighted by Crippen LogP contribution is 2.26. The van der Waals surface area contributed by atoms with E-state index in [2.05, 4.69) is 15.6 Å². The van der Waals surface area contributed by atoms with Crippen LogP contribution in [-0.4, -0.2) is 26.3 Å². The summed E-state index contributed by atoms with van der Waals surface area (Å²) in [7, 11) is 1.79. The molecule has 0 aliphatic heterocycles. The molecule has 1 atom stereocenters. The van der Waals surface area contributed by atoms with Gasteiger partial charge in [-0.3, -0.25) is 14.3 Å². The molecule has 2 heterocycles. The van der Waals surface area contributed by atoms with Gasteiger partial charge in [0.15, 0.2) is 5.13 Å². The summed E-state index contributed by atoms with van der Waals surface area (Å²) in [6.45, 7) is 3.55. The highest BCUT2D eigenvalue weighted by atomic mass is 32.1. The van der Waals surface area contributed by atoms with Crippen LogP contribution in [0.2, 0.25) is 0 Å². The van der Waals surface area contributed by atoms with Crippen LogP contribution in [0.5, 0.6) is 0 Å². The molecule has 29 heavy (non-hydrogen) atoms. The van der Waals surface area contributed by atoms with E-state index in [4.69, 9.17) is 0 Å². The summed E-state index contributed by atoms with van der Waals surface area (Å²) in [5.74, 6) is -0.296. The van der Waals surface area contributed by atoms with E-state index in [1.807, 2.05) is 61.5 Å². The largest absolute Gasteiger partial charge is 0.350 e. The van der Waals surface area contributed by atoms with Crippen LogP contribution in [0.15, 0.2) is 59.4 Å². The molecule has 2 aromatic carbocycles. The molecule has 148 valence electrons. The van der Waals surface area contributed by atoms with E-state index in [0.29, 0.717) is 10.8 Å². The zero-order valence-corrected chi connectivity index (χ0v) is 17.2. The summed E-state index contributed by atoms with van der Waals surface area (Å²) in [6, 6.07) is 16.6. The van der Waals surface area contributed by atoms with Crippen molar-refractivity contribution in [3.63, 3.8) is 0 Å². The van der Waals surface area contributed by atoms with E-state index in [9.17, 15) is 9.59 Å². The van der Waals surface area contributed by atoms with Crippen LogP contribution in [0, 0.1) is 6.92 Å². The fourth-order valence-electron chi connectivity index (χ4n) is 3.13. The van der Waals surface area contributed by atoms with Crippen molar-refractivity contribution in [1.82, 2.24) is 14.3 Å². The number of benzene rings is 2. The number of para-hydroxylation sites is 2. The molecule has 1 amide bonds. The van der Waals surface area contributed by atoms with Crippen LogP contribution < -0.4 is 16.2 Å². The van der Waals surface area contributed by atoms with Gasteiger partial charge in [0.05, 0.1) is 21.6 Å². The van der Waals surface area contributed by atoms with E-state index in [0.717, 1.165) is 15.9 Å². The Labute approximate surface area is 171 Å². The number of nitrogens with zero attached hydrogens (tertiary/aromatic N) is 3. The molecule has 0 saturated carbocycles. The van der Waals surface area contributed by atoms with Crippen molar-refractivity contribution in [3.8, 4) is 5.69 Å². The van der Waals surface area contributed by atoms with Crippen molar-refractivity contribution in [1.29, 1.82) is 0 Å². The van der Waals surface area contributed by atoms with Gasteiger partial charge in [-0.15, -0.1) is 0 Å². The number of fused-ring (bicyclic) bond motifs is 1. The quantitative estimate of drug-likeness (QED) is 0.530. The second-order valence-corrected chi connectivity index (χ2v) is 7.81. The van der Waals surface area contributed by atoms with E-state index in [1.165, 1.54) is 16.0 Å². The van der Waals surface area contributed by atoms with Gasteiger partial charge >= 0.3 is 0 Å². The second kappa shape index (κ2) is 7.56. The molecule has 0 bridgehead atoms. The summed E-state index contributed by atoms with van der Waals surface area (Å²) in [5.41, 5.74) is 2.32. The predicted octanol–water partition coefficient (Wildman–Crippen LogP) is 3.53. The van der Waals surface area contributed by atoms with Crippen LogP contribution in [0.1, 0.15) is 12.6 Å². The van der Waals surface area contributed by atoms with Crippen molar-refractivity contribution < 1.29 is 4.79 Å². The summed E-state index contributed by atoms with van der Waals surface area (Å²) < 4.78 is 4.32. The molecule has 4 aromatic rings. The van der Waals surface area contributed by atoms with Crippen LogP contribution in [0.25, 0.3) is 15.9 Å². The predicted molar refractivity (Wildman–Crippen MR) is 117 cm³/mol. The van der Waals surface area contributed by atoms with Gasteiger partial charge in [-0.1, -0.05) is 41.7 Å². The van der Waals surface area contributed by atoms with Crippen LogP contribution >= 0.6 is 11.3 Å². The van der Waals surface area contributed by atoms with Crippen molar-refractivity contribution >= 4 is 38.3 Å². The average molecular weight is 407 g/mol. The van der Waals surface area contributed by atoms with Gasteiger partial charge in [0.2, 0.25) is 5.91 Å². The summed E-state index contributed by atoms with van der Waals surface area (Å²) in [4.78, 5) is 30.2. The minimum absolute atomic E-state index is 0.267. The second-order valence-electron chi connectivity index (χ2n) is 6.78. The van der Waals surface area contributed by atoms with Crippen molar-refractivity contribution in [2.24, 2.45) is 7.05 Å². The number of hydrogen-bond acceptors (Lipinski definition) is 5. The smallest absolute Gasteiger partial charge is 0.295 e. The summed E-state index contributed by atoms with van der Waals surface area (Å²) in [6.07, 6.45) is 0. The number of thiazole rings is 1. The van der Waals surface area contributed by atoms with Gasteiger partial charge in [-0.25, -0.2) is 9.67 Å².